The van der Waals surface area contributed by atoms with Gasteiger partial charge in [0.15, 0.2) is 0 Å². The molecule has 2 N–H and O–H groups in total. The van der Waals surface area contributed by atoms with E-state index in [4.69, 9.17) is 0 Å². The first-order chi connectivity index (χ1) is 8.29. The van der Waals surface area contributed by atoms with Gasteiger partial charge in [0.05, 0.1) is 11.7 Å². The van der Waals surface area contributed by atoms with Crippen LogP contribution < -0.4 is 10.6 Å². The van der Waals surface area contributed by atoms with E-state index in [0.717, 1.165) is 17.2 Å². The fourth-order valence-electron chi connectivity index (χ4n) is 1.61. The minimum Gasteiger partial charge on any atom is -0.377 e. The number of rotatable bonds is 4. The molecule has 2 heterocycles. The summed E-state index contributed by atoms with van der Waals surface area (Å²) in [5.74, 6) is 0.850. The number of anilines is 2. The van der Waals surface area contributed by atoms with Crippen LogP contribution in [0.25, 0.3) is 0 Å². The molecule has 2 rings (SSSR count). The highest BCUT2D eigenvalue weighted by molar-refractivity contribution is 5.52. The zero-order valence-electron chi connectivity index (χ0n) is 10.0. The Bertz CT molecular complexity index is 470. The van der Waals surface area contributed by atoms with Crippen molar-refractivity contribution in [1.29, 1.82) is 0 Å². The largest absolute Gasteiger partial charge is 0.377 e. The standard InChI is InChI=1S/C13H16N4/c1-10(12-5-3-4-7-15-12)17-11-6-8-16-13(9-11)14-2/h3-10H,1-2H3,(H2,14,16,17). The van der Waals surface area contributed by atoms with Crippen LogP contribution in [0.5, 0.6) is 0 Å². The smallest absolute Gasteiger partial charge is 0.127 e. The zero-order valence-corrected chi connectivity index (χ0v) is 10.0. The molecule has 0 saturated carbocycles. The van der Waals surface area contributed by atoms with Crippen LogP contribution in [-0.4, -0.2) is 17.0 Å². The van der Waals surface area contributed by atoms with Gasteiger partial charge in [0.1, 0.15) is 5.82 Å². The van der Waals surface area contributed by atoms with Crippen molar-refractivity contribution < 1.29 is 0 Å². The molecule has 0 spiro atoms. The normalized spacial score (nSPS) is 11.9. The molecule has 1 atom stereocenters. The number of hydrogen-bond donors (Lipinski definition) is 2. The van der Waals surface area contributed by atoms with Crippen LogP contribution in [0.15, 0.2) is 42.7 Å². The summed E-state index contributed by atoms with van der Waals surface area (Å²) >= 11 is 0. The highest BCUT2D eigenvalue weighted by atomic mass is 15.0. The Hall–Kier alpha value is -2.10. The lowest BCUT2D eigenvalue weighted by molar-refractivity contribution is 0.839. The molecule has 2 aromatic heterocycles. The summed E-state index contributed by atoms with van der Waals surface area (Å²) in [6.45, 7) is 2.09. The van der Waals surface area contributed by atoms with Gasteiger partial charge in [0, 0.05) is 31.2 Å². The van der Waals surface area contributed by atoms with Crippen molar-refractivity contribution in [2.24, 2.45) is 0 Å². The topological polar surface area (TPSA) is 49.8 Å². The maximum Gasteiger partial charge on any atom is 0.127 e. The molecular formula is C13H16N4. The first-order valence-electron chi connectivity index (χ1n) is 5.61. The van der Waals surface area contributed by atoms with Gasteiger partial charge in [0.2, 0.25) is 0 Å². The van der Waals surface area contributed by atoms with Crippen molar-refractivity contribution in [3.8, 4) is 0 Å². The zero-order chi connectivity index (χ0) is 12.1. The number of pyridine rings is 2. The van der Waals surface area contributed by atoms with E-state index in [0.29, 0.717) is 0 Å². The van der Waals surface area contributed by atoms with Gasteiger partial charge in [-0.05, 0) is 25.1 Å². The van der Waals surface area contributed by atoms with Gasteiger partial charge < -0.3 is 10.6 Å². The molecule has 0 amide bonds. The molecular weight excluding hydrogens is 212 g/mol. The lowest BCUT2D eigenvalue weighted by Crippen LogP contribution is -2.08. The highest BCUT2D eigenvalue weighted by Gasteiger charge is 2.05. The van der Waals surface area contributed by atoms with Crippen LogP contribution >= 0.6 is 0 Å². The van der Waals surface area contributed by atoms with Crippen LogP contribution in [0, 0.1) is 0 Å². The SMILES string of the molecule is CNc1cc(NC(C)c2ccccn2)ccn1. The van der Waals surface area contributed by atoms with Crippen LogP contribution in [0.4, 0.5) is 11.5 Å². The van der Waals surface area contributed by atoms with Gasteiger partial charge in [0.25, 0.3) is 0 Å². The Kier molecular flexibility index (Phi) is 3.55. The van der Waals surface area contributed by atoms with Gasteiger partial charge >= 0.3 is 0 Å². The van der Waals surface area contributed by atoms with E-state index in [1.54, 1.807) is 12.4 Å². The maximum absolute atomic E-state index is 4.32. The van der Waals surface area contributed by atoms with Crippen molar-refractivity contribution in [3.05, 3.63) is 48.4 Å². The van der Waals surface area contributed by atoms with Gasteiger partial charge in [-0.1, -0.05) is 6.07 Å². The van der Waals surface area contributed by atoms with Crippen molar-refractivity contribution >= 4 is 11.5 Å². The fraction of sp³-hybridized carbons (Fsp3) is 0.231. The Morgan fingerprint density at radius 1 is 1.12 bits per heavy atom. The summed E-state index contributed by atoms with van der Waals surface area (Å²) in [7, 11) is 1.86. The Labute approximate surface area is 101 Å². The fourth-order valence-corrected chi connectivity index (χ4v) is 1.61. The van der Waals surface area contributed by atoms with E-state index in [1.165, 1.54) is 0 Å². The minimum atomic E-state index is 0.170. The van der Waals surface area contributed by atoms with E-state index in [9.17, 15) is 0 Å². The summed E-state index contributed by atoms with van der Waals surface area (Å²) in [6.07, 6.45) is 3.58. The lowest BCUT2D eigenvalue weighted by atomic mass is 10.2. The molecule has 0 aliphatic heterocycles. The third-order valence-electron chi connectivity index (χ3n) is 2.53. The van der Waals surface area contributed by atoms with E-state index in [1.807, 2.05) is 37.4 Å². The molecule has 4 nitrogen and oxygen atoms in total. The Morgan fingerprint density at radius 2 is 2.00 bits per heavy atom. The van der Waals surface area contributed by atoms with E-state index in [2.05, 4.69) is 27.5 Å². The predicted molar refractivity (Wildman–Crippen MR) is 70.1 cm³/mol. The molecule has 88 valence electrons. The van der Waals surface area contributed by atoms with E-state index >= 15 is 0 Å². The molecule has 0 radical (unpaired) electrons. The molecule has 0 aliphatic rings. The quantitative estimate of drug-likeness (QED) is 0.844. The maximum atomic E-state index is 4.32. The molecule has 0 saturated heterocycles. The second-order valence-electron chi connectivity index (χ2n) is 3.80. The monoisotopic (exact) mass is 228 g/mol. The summed E-state index contributed by atoms with van der Waals surface area (Å²) in [4.78, 5) is 8.49. The molecule has 2 aromatic rings. The second-order valence-corrected chi connectivity index (χ2v) is 3.80. The van der Waals surface area contributed by atoms with Crippen molar-refractivity contribution in [1.82, 2.24) is 9.97 Å². The van der Waals surface area contributed by atoms with Crippen molar-refractivity contribution in [3.63, 3.8) is 0 Å². The van der Waals surface area contributed by atoms with Crippen LogP contribution in [0.3, 0.4) is 0 Å². The summed E-state index contributed by atoms with van der Waals surface area (Å²) in [5.41, 5.74) is 2.05. The van der Waals surface area contributed by atoms with Crippen molar-refractivity contribution in [2.75, 3.05) is 17.7 Å². The summed E-state index contributed by atoms with van der Waals surface area (Å²) < 4.78 is 0. The van der Waals surface area contributed by atoms with Crippen LogP contribution in [-0.2, 0) is 0 Å². The Balaban J connectivity index is 2.10. The van der Waals surface area contributed by atoms with Crippen LogP contribution in [0.2, 0.25) is 0 Å². The van der Waals surface area contributed by atoms with Gasteiger partial charge in [-0.15, -0.1) is 0 Å². The average Bonchev–Trinajstić information content (AvgIpc) is 2.40. The third-order valence-corrected chi connectivity index (χ3v) is 2.53. The second kappa shape index (κ2) is 5.30. The third kappa shape index (κ3) is 2.93. The summed E-state index contributed by atoms with van der Waals surface area (Å²) in [6, 6.07) is 10.0. The Morgan fingerprint density at radius 3 is 2.71 bits per heavy atom. The molecule has 0 bridgehead atoms. The van der Waals surface area contributed by atoms with Gasteiger partial charge in [-0.3, -0.25) is 4.98 Å². The van der Waals surface area contributed by atoms with Crippen molar-refractivity contribution in [2.45, 2.75) is 13.0 Å². The molecule has 4 heteroatoms. The molecule has 0 aliphatic carbocycles. The number of nitrogens with zero attached hydrogens (tertiary/aromatic N) is 2. The van der Waals surface area contributed by atoms with Gasteiger partial charge in [-0.25, -0.2) is 4.98 Å². The first kappa shape index (κ1) is 11.4. The molecule has 17 heavy (non-hydrogen) atoms. The summed E-state index contributed by atoms with van der Waals surface area (Å²) in [5, 5.41) is 6.40. The predicted octanol–water partition coefficient (Wildman–Crippen LogP) is 2.69. The van der Waals surface area contributed by atoms with E-state index < -0.39 is 0 Å². The minimum absolute atomic E-state index is 0.170. The van der Waals surface area contributed by atoms with Crippen LogP contribution in [0.1, 0.15) is 18.7 Å². The first-order valence-corrected chi connectivity index (χ1v) is 5.61. The lowest BCUT2D eigenvalue weighted by Gasteiger charge is -2.15. The number of nitrogens with one attached hydrogen (secondary N) is 2. The molecule has 0 aromatic carbocycles. The average molecular weight is 228 g/mol. The number of aromatic nitrogens is 2. The van der Waals surface area contributed by atoms with Gasteiger partial charge in [-0.2, -0.15) is 0 Å². The molecule has 1 unspecified atom stereocenters. The number of hydrogen-bond acceptors (Lipinski definition) is 4. The highest BCUT2D eigenvalue weighted by Crippen LogP contribution is 2.18. The van der Waals surface area contributed by atoms with E-state index in [-0.39, 0.29) is 6.04 Å². The molecule has 0 fully saturated rings.